The minimum absolute atomic E-state index is 0.0333. The van der Waals surface area contributed by atoms with E-state index in [-0.39, 0.29) is 10.7 Å². The van der Waals surface area contributed by atoms with E-state index in [1.165, 1.54) is 14.2 Å². The summed E-state index contributed by atoms with van der Waals surface area (Å²) in [6.45, 7) is 0.590. The molecule has 1 atom stereocenters. The predicted molar refractivity (Wildman–Crippen MR) is 74.0 cm³/mol. The molecule has 1 aliphatic heterocycles. The van der Waals surface area contributed by atoms with Crippen LogP contribution in [0.25, 0.3) is 0 Å². The Morgan fingerprint density at radius 1 is 1.42 bits per heavy atom. The fourth-order valence-corrected chi connectivity index (χ4v) is 2.61. The normalized spacial score (nSPS) is 18.6. The zero-order chi connectivity index (χ0) is 14.0. The van der Waals surface area contributed by atoms with Crippen LogP contribution in [-0.4, -0.2) is 37.5 Å². The second-order valence-electron chi connectivity index (χ2n) is 4.18. The molecule has 1 amide bonds. The number of alkyl halides is 1. The second kappa shape index (κ2) is 5.61. The van der Waals surface area contributed by atoms with Crippen molar-refractivity contribution in [3.63, 3.8) is 0 Å². The topological polar surface area (TPSA) is 55.8 Å². The molecule has 0 aliphatic carbocycles. The zero-order valence-electron chi connectivity index (χ0n) is 10.7. The van der Waals surface area contributed by atoms with Crippen LogP contribution in [0.2, 0.25) is 0 Å². The first-order valence-corrected chi connectivity index (χ1v) is 6.69. The van der Waals surface area contributed by atoms with Gasteiger partial charge in [-0.15, -0.1) is 0 Å². The Bertz CT molecular complexity index is 517. The van der Waals surface area contributed by atoms with Crippen LogP contribution in [0.3, 0.4) is 0 Å². The summed E-state index contributed by atoms with van der Waals surface area (Å²) in [5.41, 5.74) is 1.06. The molecule has 1 aromatic rings. The van der Waals surface area contributed by atoms with Gasteiger partial charge in [-0.25, -0.2) is 4.79 Å². The van der Waals surface area contributed by atoms with Gasteiger partial charge in [-0.05, 0) is 18.2 Å². The van der Waals surface area contributed by atoms with Crippen LogP contribution in [-0.2, 0) is 9.53 Å². The summed E-state index contributed by atoms with van der Waals surface area (Å²) in [5, 5.41) is 0. The Morgan fingerprint density at radius 2 is 2.16 bits per heavy atom. The molecular weight excluding hydrogens is 314 g/mol. The van der Waals surface area contributed by atoms with E-state index in [9.17, 15) is 9.59 Å². The summed E-state index contributed by atoms with van der Waals surface area (Å²) in [6, 6.07) is 4.91. The van der Waals surface area contributed by atoms with E-state index in [0.29, 0.717) is 30.0 Å². The highest BCUT2D eigenvalue weighted by Gasteiger charge is 2.30. The van der Waals surface area contributed by atoms with Gasteiger partial charge in [0.15, 0.2) is 0 Å². The molecule has 1 saturated heterocycles. The van der Waals surface area contributed by atoms with E-state index in [1.54, 1.807) is 23.1 Å². The lowest BCUT2D eigenvalue weighted by atomic mass is 10.1. The molecule has 2 rings (SSSR count). The molecule has 0 aromatic heterocycles. The molecule has 6 heteroatoms. The van der Waals surface area contributed by atoms with E-state index in [4.69, 9.17) is 4.74 Å². The number of carbonyl (C=O) groups excluding carboxylic acids is 2. The van der Waals surface area contributed by atoms with Gasteiger partial charge in [0.25, 0.3) is 0 Å². The molecule has 1 unspecified atom stereocenters. The zero-order valence-corrected chi connectivity index (χ0v) is 12.3. The minimum Gasteiger partial charge on any atom is -0.495 e. The van der Waals surface area contributed by atoms with Crippen molar-refractivity contribution in [1.29, 1.82) is 0 Å². The van der Waals surface area contributed by atoms with Gasteiger partial charge < -0.3 is 14.4 Å². The van der Waals surface area contributed by atoms with Crippen molar-refractivity contribution < 1.29 is 19.1 Å². The van der Waals surface area contributed by atoms with Crippen LogP contribution >= 0.6 is 15.9 Å². The third-order valence-corrected chi connectivity index (χ3v) is 3.58. The first-order valence-electron chi connectivity index (χ1n) is 5.77. The van der Waals surface area contributed by atoms with Gasteiger partial charge in [0.05, 0.1) is 25.5 Å². The van der Waals surface area contributed by atoms with Gasteiger partial charge >= 0.3 is 5.97 Å². The summed E-state index contributed by atoms with van der Waals surface area (Å²) in [7, 11) is 2.83. The summed E-state index contributed by atoms with van der Waals surface area (Å²) in [4.78, 5) is 25.1. The molecule has 0 radical (unpaired) electrons. The third-order valence-electron chi connectivity index (χ3n) is 2.97. The second-order valence-corrected chi connectivity index (χ2v) is 5.48. The maximum atomic E-state index is 11.9. The molecule has 0 spiro atoms. The number of nitrogens with zero attached hydrogens (tertiary/aromatic N) is 1. The number of hydrogen-bond acceptors (Lipinski definition) is 4. The average Bonchev–Trinajstić information content (AvgIpc) is 2.75. The number of benzene rings is 1. The van der Waals surface area contributed by atoms with Crippen molar-refractivity contribution in [3.8, 4) is 5.75 Å². The lowest BCUT2D eigenvalue weighted by molar-refractivity contribution is -0.117. The lowest BCUT2D eigenvalue weighted by Gasteiger charge is -2.19. The number of rotatable bonds is 3. The standard InChI is InChI=1S/C13H14BrNO4/c1-18-11-5-8(13(17)19-2)3-4-10(11)15-7-9(14)6-12(15)16/h3-5,9H,6-7H2,1-2H3. The van der Waals surface area contributed by atoms with Gasteiger partial charge in [-0.3, -0.25) is 4.79 Å². The van der Waals surface area contributed by atoms with Gasteiger partial charge in [0.2, 0.25) is 5.91 Å². The van der Waals surface area contributed by atoms with Crippen molar-refractivity contribution in [2.24, 2.45) is 0 Å². The first kappa shape index (κ1) is 13.9. The van der Waals surface area contributed by atoms with Crippen LogP contribution in [0.4, 0.5) is 5.69 Å². The maximum Gasteiger partial charge on any atom is 0.337 e. The highest BCUT2D eigenvalue weighted by molar-refractivity contribution is 9.09. The quantitative estimate of drug-likeness (QED) is 0.629. The number of ether oxygens (including phenoxy) is 2. The van der Waals surface area contributed by atoms with Crippen molar-refractivity contribution in [3.05, 3.63) is 23.8 Å². The highest BCUT2D eigenvalue weighted by Crippen LogP contribution is 2.33. The molecule has 1 heterocycles. The van der Waals surface area contributed by atoms with Crippen LogP contribution in [0.1, 0.15) is 16.8 Å². The Kier molecular flexibility index (Phi) is 4.09. The van der Waals surface area contributed by atoms with Crippen LogP contribution in [0.15, 0.2) is 18.2 Å². The summed E-state index contributed by atoms with van der Waals surface area (Å²) in [5.74, 6) is 0.0832. The van der Waals surface area contributed by atoms with Crippen molar-refractivity contribution in [2.75, 3.05) is 25.7 Å². The molecule has 0 saturated carbocycles. The third kappa shape index (κ3) is 2.73. The van der Waals surface area contributed by atoms with Gasteiger partial charge in [0.1, 0.15) is 5.75 Å². The molecule has 1 fully saturated rings. The molecule has 102 valence electrons. The van der Waals surface area contributed by atoms with Gasteiger partial charge in [-0.1, -0.05) is 15.9 Å². The maximum absolute atomic E-state index is 11.9. The molecule has 0 bridgehead atoms. The minimum atomic E-state index is -0.434. The Balaban J connectivity index is 2.36. The van der Waals surface area contributed by atoms with E-state index in [1.807, 2.05) is 0 Å². The molecule has 1 aromatic carbocycles. The number of halogens is 1. The monoisotopic (exact) mass is 327 g/mol. The van der Waals surface area contributed by atoms with Gasteiger partial charge in [0, 0.05) is 17.8 Å². The molecule has 0 N–H and O–H groups in total. The Morgan fingerprint density at radius 3 is 2.68 bits per heavy atom. The van der Waals surface area contributed by atoms with Crippen molar-refractivity contribution in [1.82, 2.24) is 0 Å². The van der Waals surface area contributed by atoms with E-state index in [0.717, 1.165) is 0 Å². The fourth-order valence-electron chi connectivity index (χ4n) is 2.04. The fraction of sp³-hybridized carbons (Fsp3) is 0.385. The number of amides is 1. The predicted octanol–water partition coefficient (Wildman–Crippen LogP) is 1.98. The number of hydrogen-bond donors (Lipinski definition) is 0. The molecule has 19 heavy (non-hydrogen) atoms. The van der Waals surface area contributed by atoms with E-state index >= 15 is 0 Å². The number of esters is 1. The summed E-state index contributed by atoms with van der Waals surface area (Å²) < 4.78 is 9.92. The Hall–Kier alpha value is -1.56. The highest BCUT2D eigenvalue weighted by atomic mass is 79.9. The Labute approximate surface area is 119 Å². The largest absolute Gasteiger partial charge is 0.495 e. The summed E-state index contributed by atoms with van der Waals surface area (Å²) >= 11 is 3.43. The van der Waals surface area contributed by atoms with Crippen molar-refractivity contribution >= 4 is 33.5 Å². The summed E-state index contributed by atoms with van der Waals surface area (Å²) in [6.07, 6.45) is 0.460. The SMILES string of the molecule is COC(=O)c1ccc(N2CC(Br)CC2=O)c(OC)c1. The van der Waals surface area contributed by atoms with Crippen LogP contribution < -0.4 is 9.64 Å². The number of methoxy groups -OCH3 is 2. The smallest absolute Gasteiger partial charge is 0.337 e. The number of carbonyl (C=O) groups is 2. The first-order chi connectivity index (χ1) is 9.06. The van der Waals surface area contributed by atoms with Gasteiger partial charge in [-0.2, -0.15) is 0 Å². The lowest BCUT2D eigenvalue weighted by Crippen LogP contribution is -2.25. The van der Waals surface area contributed by atoms with E-state index < -0.39 is 5.97 Å². The van der Waals surface area contributed by atoms with Crippen molar-refractivity contribution in [2.45, 2.75) is 11.2 Å². The molecular formula is C13H14BrNO4. The van der Waals surface area contributed by atoms with Crippen LogP contribution in [0, 0.1) is 0 Å². The number of anilines is 1. The molecule has 1 aliphatic rings. The van der Waals surface area contributed by atoms with E-state index in [2.05, 4.69) is 20.7 Å². The average molecular weight is 328 g/mol. The molecule has 5 nitrogen and oxygen atoms in total. The van der Waals surface area contributed by atoms with Crippen LogP contribution in [0.5, 0.6) is 5.75 Å².